The number of pyridine rings is 1. The zero-order valence-corrected chi connectivity index (χ0v) is 17.0. The predicted octanol–water partition coefficient (Wildman–Crippen LogP) is 3.73. The Balaban J connectivity index is 0.00000205. The second-order valence-electron chi connectivity index (χ2n) is 6.82. The summed E-state index contributed by atoms with van der Waals surface area (Å²) in [6.07, 6.45) is 3.77. The molecule has 3 aromatic heterocycles. The van der Waals surface area contributed by atoms with E-state index >= 15 is 0 Å². The largest absolute Gasteiger partial charge is 0.379 e. The summed E-state index contributed by atoms with van der Waals surface area (Å²) in [6, 6.07) is 9.86. The van der Waals surface area contributed by atoms with Gasteiger partial charge in [0.2, 0.25) is 0 Å². The molecule has 0 amide bonds. The molecule has 150 valence electrons. The van der Waals surface area contributed by atoms with E-state index in [4.69, 9.17) is 26.9 Å². The standard InChI is InChI=1S/C19H18ClN7O.ClH/c20-12-3-1-2-11(10-12)15-16-14(6-9-23-15)27(13-4-7-22-8-5-13)19(24-16)17-18(21)26-28-25-17;/h1-3,6,9-10,13,22H,4-5,7-8H2,(H2,21,26);1H. The molecule has 1 aliphatic rings. The molecule has 0 spiro atoms. The van der Waals surface area contributed by atoms with Crippen molar-refractivity contribution in [3.63, 3.8) is 0 Å². The van der Waals surface area contributed by atoms with Crippen LogP contribution >= 0.6 is 24.0 Å². The lowest BCUT2D eigenvalue weighted by Crippen LogP contribution is -2.29. The number of nitrogens with two attached hydrogens (primary N) is 1. The number of nitrogens with zero attached hydrogens (tertiary/aromatic N) is 5. The molecule has 4 aromatic rings. The summed E-state index contributed by atoms with van der Waals surface area (Å²) in [6.45, 7) is 1.89. The number of nitrogens with one attached hydrogen (secondary N) is 1. The zero-order chi connectivity index (χ0) is 19.1. The van der Waals surface area contributed by atoms with Gasteiger partial charge in [-0.3, -0.25) is 4.98 Å². The Morgan fingerprint density at radius 1 is 1.14 bits per heavy atom. The maximum Gasteiger partial charge on any atom is 0.199 e. The smallest absolute Gasteiger partial charge is 0.199 e. The molecule has 0 bridgehead atoms. The average molecular weight is 432 g/mol. The van der Waals surface area contributed by atoms with E-state index in [1.54, 1.807) is 6.20 Å². The molecular weight excluding hydrogens is 413 g/mol. The van der Waals surface area contributed by atoms with E-state index in [1.165, 1.54) is 0 Å². The highest BCUT2D eigenvalue weighted by atomic mass is 35.5. The summed E-state index contributed by atoms with van der Waals surface area (Å²) < 4.78 is 7.04. The van der Waals surface area contributed by atoms with Crippen molar-refractivity contribution in [3.05, 3.63) is 41.6 Å². The van der Waals surface area contributed by atoms with Crippen LogP contribution in [0.15, 0.2) is 41.2 Å². The van der Waals surface area contributed by atoms with Crippen molar-refractivity contribution in [2.24, 2.45) is 0 Å². The Morgan fingerprint density at radius 3 is 2.69 bits per heavy atom. The molecule has 1 aromatic carbocycles. The summed E-state index contributed by atoms with van der Waals surface area (Å²) in [5.41, 5.74) is 9.88. The summed E-state index contributed by atoms with van der Waals surface area (Å²) in [5.74, 6) is 0.875. The Kier molecular flexibility index (Phi) is 5.40. The minimum absolute atomic E-state index is 0. The molecule has 1 fully saturated rings. The molecule has 0 atom stereocenters. The van der Waals surface area contributed by atoms with Crippen molar-refractivity contribution in [1.29, 1.82) is 0 Å². The lowest BCUT2D eigenvalue weighted by Gasteiger charge is -2.25. The third-order valence-corrected chi connectivity index (χ3v) is 5.34. The molecular formula is C19H19Cl2N7O. The van der Waals surface area contributed by atoms with Gasteiger partial charge in [0.1, 0.15) is 5.52 Å². The molecule has 0 radical (unpaired) electrons. The maximum atomic E-state index is 6.20. The van der Waals surface area contributed by atoms with Crippen LogP contribution in [0.4, 0.5) is 5.82 Å². The summed E-state index contributed by atoms with van der Waals surface area (Å²) in [4.78, 5) is 9.48. The Hall–Kier alpha value is -2.68. The van der Waals surface area contributed by atoms with E-state index in [2.05, 4.69) is 25.2 Å². The molecule has 5 rings (SSSR count). The third-order valence-electron chi connectivity index (χ3n) is 5.11. The van der Waals surface area contributed by atoms with E-state index < -0.39 is 0 Å². The quantitative estimate of drug-likeness (QED) is 0.508. The van der Waals surface area contributed by atoms with Crippen molar-refractivity contribution in [1.82, 2.24) is 30.2 Å². The van der Waals surface area contributed by atoms with Gasteiger partial charge in [-0.15, -0.1) is 12.4 Å². The van der Waals surface area contributed by atoms with Crippen molar-refractivity contribution < 1.29 is 4.63 Å². The number of imidazole rings is 1. The van der Waals surface area contributed by atoms with Gasteiger partial charge in [-0.1, -0.05) is 23.7 Å². The SMILES string of the molecule is Cl.Nc1nonc1-c1nc2c(-c3cccc(Cl)c3)nccc2n1C1CCNCC1. The zero-order valence-electron chi connectivity index (χ0n) is 15.4. The molecule has 1 saturated heterocycles. The number of aromatic nitrogens is 5. The molecule has 29 heavy (non-hydrogen) atoms. The highest BCUT2D eigenvalue weighted by molar-refractivity contribution is 6.30. The molecule has 1 aliphatic heterocycles. The topological polar surface area (TPSA) is 108 Å². The molecule has 0 unspecified atom stereocenters. The summed E-state index contributed by atoms with van der Waals surface area (Å²) >= 11 is 6.20. The number of nitrogen functional groups attached to an aromatic ring is 1. The van der Waals surface area contributed by atoms with Crippen LogP contribution in [0.5, 0.6) is 0 Å². The number of rotatable bonds is 3. The van der Waals surface area contributed by atoms with E-state index in [0.717, 1.165) is 48.2 Å². The van der Waals surface area contributed by atoms with Crippen LogP contribution in [0.2, 0.25) is 5.02 Å². The molecule has 0 aliphatic carbocycles. The first-order valence-electron chi connectivity index (χ1n) is 9.14. The minimum atomic E-state index is 0. The van der Waals surface area contributed by atoms with Crippen LogP contribution in [0.1, 0.15) is 18.9 Å². The number of halogens is 2. The number of benzene rings is 1. The summed E-state index contributed by atoms with van der Waals surface area (Å²) in [5, 5.41) is 11.8. The van der Waals surface area contributed by atoms with Crippen molar-refractivity contribution >= 4 is 40.9 Å². The van der Waals surface area contributed by atoms with Crippen LogP contribution in [0.25, 0.3) is 33.8 Å². The van der Waals surface area contributed by atoms with Crippen LogP contribution in [0, 0.1) is 0 Å². The van der Waals surface area contributed by atoms with Gasteiger partial charge in [-0.2, -0.15) is 0 Å². The molecule has 10 heteroatoms. The van der Waals surface area contributed by atoms with Crippen LogP contribution in [-0.2, 0) is 0 Å². The summed E-state index contributed by atoms with van der Waals surface area (Å²) in [7, 11) is 0. The molecule has 0 saturated carbocycles. The Bertz CT molecular complexity index is 1150. The minimum Gasteiger partial charge on any atom is -0.379 e. The average Bonchev–Trinajstić information content (AvgIpc) is 3.31. The van der Waals surface area contributed by atoms with Gasteiger partial charge in [-0.25, -0.2) is 9.61 Å². The second kappa shape index (κ2) is 7.98. The van der Waals surface area contributed by atoms with Gasteiger partial charge in [0.05, 0.1) is 11.2 Å². The van der Waals surface area contributed by atoms with E-state index in [0.29, 0.717) is 16.5 Å². The van der Waals surface area contributed by atoms with Crippen LogP contribution < -0.4 is 11.1 Å². The number of anilines is 1. The fourth-order valence-electron chi connectivity index (χ4n) is 3.82. The van der Waals surface area contributed by atoms with Crippen LogP contribution in [0.3, 0.4) is 0 Å². The van der Waals surface area contributed by atoms with Gasteiger partial charge in [0, 0.05) is 22.8 Å². The maximum absolute atomic E-state index is 6.20. The Morgan fingerprint density at radius 2 is 1.97 bits per heavy atom. The van der Waals surface area contributed by atoms with Crippen molar-refractivity contribution in [2.75, 3.05) is 18.8 Å². The Labute approximate surface area is 177 Å². The lowest BCUT2D eigenvalue weighted by atomic mass is 10.1. The second-order valence-corrected chi connectivity index (χ2v) is 7.26. The van der Waals surface area contributed by atoms with E-state index in [1.807, 2.05) is 30.3 Å². The van der Waals surface area contributed by atoms with Gasteiger partial charge in [0.15, 0.2) is 17.3 Å². The third kappa shape index (κ3) is 3.43. The molecule has 4 heterocycles. The van der Waals surface area contributed by atoms with Crippen molar-refractivity contribution in [2.45, 2.75) is 18.9 Å². The number of piperidine rings is 1. The van der Waals surface area contributed by atoms with E-state index in [-0.39, 0.29) is 24.3 Å². The predicted molar refractivity (Wildman–Crippen MR) is 114 cm³/mol. The van der Waals surface area contributed by atoms with Gasteiger partial charge >= 0.3 is 0 Å². The first kappa shape index (κ1) is 19.6. The normalized spacial score (nSPS) is 14.8. The van der Waals surface area contributed by atoms with Gasteiger partial charge in [0.25, 0.3) is 0 Å². The molecule has 3 N–H and O–H groups in total. The first-order chi connectivity index (χ1) is 13.7. The van der Waals surface area contributed by atoms with Crippen molar-refractivity contribution in [3.8, 4) is 22.8 Å². The highest BCUT2D eigenvalue weighted by Crippen LogP contribution is 2.36. The lowest BCUT2D eigenvalue weighted by molar-refractivity contribution is 0.309. The monoisotopic (exact) mass is 431 g/mol. The molecule has 8 nitrogen and oxygen atoms in total. The van der Waals surface area contributed by atoms with Gasteiger partial charge < -0.3 is 15.6 Å². The number of hydrogen-bond donors (Lipinski definition) is 2. The van der Waals surface area contributed by atoms with E-state index in [9.17, 15) is 0 Å². The van der Waals surface area contributed by atoms with Crippen LogP contribution in [-0.4, -0.2) is 37.9 Å². The number of hydrogen-bond acceptors (Lipinski definition) is 7. The highest BCUT2D eigenvalue weighted by Gasteiger charge is 2.26. The van der Waals surface area contributed by atoms with Gasteiger partial charge in [-0.05, 0) is 54.4 Å². The fourth-order valence-corrected chi connectivity index (χ4v) is 4.01. The fraction of sp³-hybridized carbons (Fsp3) is 0.263. The number of fused-ring (bicyclic) bond motifs is 1. The first-order valence-corrected chi connectivity index (χ1v) is 9.52.